The van der Waals surface area contributed by atoms with E-state index < -0.39 is 17.6 Å². The Kier molecular flexibility index (Phi) is 5.37. The Morgan fingerprint density at radius 2 is 1.96 bits per heavy atom. The van der Waals surface area contributed by atoms with Crippen LogP contribution >= 0.6 is 11.6 Å². The molecular weight excluding hydrogens is 368 g/mol. The lowest BCUT2D eigenvalue weighted by molar-refractivity contribution is -0.141. The second kappa shape index (κ2) is 7.56. The second-order valence-electron chi connectivity index (χ2n) is 7.14. The SMILES string of the molecule is CC(C)CC(C(=O)O)n1cc2c(cc1=O)-c1cc(Cl)ccc1CCNC2=O. The van der Waals surface area contributed by atoms with Gasteiger partial charge < -0.3 is 15.0 Å². The van der Waals surface area contributed by atoms with Crippen LogP contribution in [-0.4, -0.2) is 28.1 Å². The van der Waals surface area contributed by atoms with E-state index in [1.807, 2.05) is 19.9 Å². The smallest absolute Gasteiger partial charge is 0.326 e. The highest BCUT2D eigenvalue weighted by atomic mass is 35.5. The molecule has 6 nitrogen and oxygen atoms in total. The number of carboxylic acid groups (broad SMARTS) is 1. The van der Waals surface area contributed by atoms with Crippen molar-refractivity contribution < 1.29 is 14.7 Å². The summed E-state index contributed by atoms with van der Waals surface area (Å²) >= 11 is 6.13. The van der Waals surface area contributed by atoms with Crippen LogP contribution in [0.15, 0.2) is 35.3 Å². The molecule has 0 saturated heterocycles. The Hall–Kier alpha value is -2.60. The summed E-state index contributed by atoms with van der Waals surface area (Å²) in [6.07, 6.45) is 2.27. The summed E-state index contributed by atoms with van der Waals surface area (Å²) in [5, 5.41) is 12.9. The van der Waals surface area contributed by atoms with E-state index in [1.165, 1.54) is 12.3 Å². The Morgan fingerprint density at radius 1 is 1.22 bits per heavy atom. The quantitative estimate of drug-likeness (QED) is 0.842. The molecule has 2 heterocycles. The Labute approximate surface area is 161 Å². The minimum atomic E-state index is -1.10. The number of rotatable bonds is 4. The van der Waals surface area contributed by atoms with Crippen molar-refractivity contribution >= 4 is 23.5 Å². The molecule has 0 fully saturated rings. The number of aliphatic carboxylic acids is 1. The van der Waals surface area contributed by atoms with Gasteiger partial charge in [0, 0.05) is 29.4 Å². The van der Waals surface area contributed by atoms with Crippen LogP contribution in [0.1, 0.15) is 42.2 Å². The van der Waals surface area contributed by atoms with Gasteiger partial charge in [-0.15, -0.1) is 0 Å². The molecule has 0 spiro atoms. The first-order valence-electron chi connectivity index (χ1n) is 8.84. The third-order valence-corrected chi connectivity index (χ3v) is 4.92. The Balaban J connectivity index is 2.24. The van der Waals surface area contributed by atoms with E-state index in [9.17, 15) is 19.5 Å². The molecule has 1 aromatic heterocycles. The summed E-state index contributed by atoms with van der Waals surface area (Å²) in [6.45, 7) is 4.22. The van der Waals surface area contributed by atoms with Crippen molar-refractivity contribution in [2.75, 3.05) is 6.54 Å². The zero-order valence-electron chi connectivity index (χ0n) is 15.2. The van der Waals surface area contributed by atoms with Gasteiger partial charge in [-0.1, -0.05) is 31.5 Å². The van der Waals surface area contributed by atoms with Gasteiger partial charge in [-0.3, -0.25) is 9.59 Å². The molecule has 3 rings (SSSR count). The molecule has 1 aliphatic rings. The first-order valence-corrected chi connectivity index (χ1v) is 9.21. The van der Waals surface area contributed by atoms with Crippen molar-refractivity contribution in [1.82, 2.24) is 9.88 Å². The summed E-state index contributed by atoms with van der Waals surface area (Å²) in [6, 6.07) is 5.70. The van der Waals surface area contributed by atoms with Gasteiger partial charge in [0.2, 0.25) is 0 Å². The van der Waals surface area contributed by atoms with Crippen molar-refractivity contribution in [2.24, 2.45) is 5.92 Å². The van der Waals surface area contributed by atoms with Gasteiger partial charge in [0.25, 0.3) is 11.5 Å². The van der Waals surface area contributed by atoms with Crippen molar-refractivity contribution in [3.63, 3.8) is 0 Å². The number of amides is 1. The highest BCUT2D eigenvalue weighted by Gasteiger charge is 2.26. The molecule has 27 heavy (non-hydrogen) atoms. The predicted octanol–water partition coefficient (Wildman–Crippen LogP) is 3.13. The minimum absolute atomic E-state index is 0.0772. The van der Waals surface area contributed by atoms with E-state index in [0.717, 1.165) is 15.7 Å². The van der Waals surface area contributed by atoms with Crippen LogP contribution in [0.3, 0.4) is 0 Å². The van der Waals surface area contributed by atoms with Crippen LogP contribution in [0.25, 0.3) is 11.1 Å². The maximum absolute atomic E-state index is 12.8. The Morgan fingerprint density at radius 3 is 2.63 bits per heavy atom. The van der Waals surface area contributed by atoms with Gasteiger partial charge in [-0.25, -0.2) is 4.79 Å². The molecular formula is C20H21ClN2O4. The molecule has 7 heteroatoms. The van der Waals surface area contributed by atoms with Crippen molar-refractivity contribution in [3.8, 4) is 11.1 Å². The highest BCUT2D eigenvalue weighted by Crippen LogP contribution is 2.31. The average molecular weight is 389 g/mol. The second-order valence-corrected chi connectivity index (χ2v) is 7.57. The molecule has 1 amide bonds. The number of halogens is 1. The fourth-order valence-corrected chi connectivity index (χ4v) is 3.57. The fraction of sp³-hybridized carbons (Fsp3) is 0.350. The zero-order chi connectivity index (χ0) is 19.7. The van der Waals surface area contributed by atoms with Gasteiger partial charge >= 0.3 is 5.97 Å². The molecule has 1 atom stereocenters. The van der Waals surface area contributed by atoms with Gasteiger partial charge in [0.1, 0.15) is 6.04 Å². The number of carboxylic acids is 1. The zero-order valence-corrected chi connectivity index (χ0v) is 15.9. The predicted molar refractivity (Wildman–Crippen MR) is 103 cm³/mol. The molecule has 1 unspecified atom stereocenters. The van der Waals surface area contributed by atoms with Crippen molar-refractivity contribution in [3.05, 3.63) is 57.0 Å². The van der Waals surface area contributed by atoms with Crippen LogP contribution in [0.4, 0.5) is 0 Å². The van der Waals surface area contributed by atoms with Crippen molar-refractivity contribution in [2.45, 2.75) is 32.7 Å². The molecule has 1 aliphatic heterocycles. The van der Waals surface area contributed by atoms with E-state index in [1.54, 1.807) is 12.1 Å². The van der Waals surface area contributed by atoms with Crippen molar-refractivity contribution in [1.29, 1.82) is 0 Å². The van der Waals surface area contributed by atoms with Crippen LogP contribution in [0, 0.1) is 5.92 Å². The van der Waals surface area contributed by atoms with E-state index in [0.29, 0.717) is 23.6 Å². The first-order chi connectivity index (χ1) is 12.8. The lowest BCUT2D eigenvalue weighted by Gasteiger charge is -2.22. The molecule has 142 valence electrons. The van der Waals surface area contributed by atoms with Gasteiger partial charge in [0.15, 0.2) is 0 Å². The number of hydrogen-bond donors (Lipinski definition) is 2. The van der Waals surface area contributed by atoms with Crippen LogP contribution < -0.4 is 10.9 Å². The molecule has 1 aromatic carbocycles. The fourth-order valence-electron chi connectivity index (χ4n) is 3.40. The number of pyridine rings is 1. The summed E-state index contributed by atoms with van der Waals surface area (Å²) in [5.41, 5.74) is 1.98. The largest absolute Gasteiger partial charge is 0.480 e. The number of hydrogen-bond acceptors (Lipinski definition) is 3. The van der Waals surface area contributed by atoms with Crippen LogP contribution in [-0.2, 0) is 11.2 Å². The molecule has 0 radical (unpaired) electrons. The van der Waals surface area contributed by atoms with E-state index >= 15 is 0 Å². The average Bonchev–Trinajstić information content (AvgIpc) is 2.59. The summed E-state index contributed by atoms with van der Waals surface area (Å²) in [7, 11) is 0. The number of carbonyl (C=O) groups is 2. The number of aromatic nitrogens is 1. The molecule has 0 aliphatic carbocycles. The lowest BCUT2D eigenvalue weighted by atomic mass is 9.93. The number of benzene rings is 1. The normalized spacial score (nSPS) is 14.6. The van der Waals surface area contributed by atoms with E-state index in [2.05, 4.69) is 5.32 Å². The summed E-state index contributed by atoms with van der Waals surface area (Å²) in [5.74, 6) is -1.35. The molecule has 2 N–H and O–H groups in total. The monoisotopic (exact) mass is 388 g/mol. The molecule has 0 saturated carbocycles. The minimum Gasteiger partial charge on any atom is -0.480 e. The highest BCUT2D eigenvalue weighted by molar-refractivity contribution is 6.31. The molecule has 0 bridgehead atoms. The number of carbonyl (C=O) groups excluding carboxylic acids is 1. The third-order valence-electron chi connectivity index (χ3n) is 4.68. The lowest BCUT2D eigenvalue weighted by Crippen LogP contribution is -2.34. The molecule has 2 aromatic rings. The van der Waals surface area contributed by atoms with Gasteiger partial charge in [-0.2, -0.15) is 0 Å². The standard InChI is InChI=1S/C20H21ClN2O4/c1-11(2)7-17(20(26)27)23-10-16-15(9-18(23)24)14-8-13(21)4-3-12(14)5-6-22-19(16)25/h3-4,8-11,17H,5-7H2,1-2H3,(H,22,25)(H,26,27). The number of fused-ring (bicyclic) bond motifs is 3. The van der Waals surface area contributed by atoms with Gasteiger partial charge in [-0.05, 0) is 42.0 Å². The Bertz CT molecular complexity index is 965. The van der Waals surface area contributed by atoms with Gasteiger partial charge in [0.05, 0.1) is 5.56 Å². The van der Waals surface area contributed by atoms with Crippen LogP contribution in [0.2, 0.25) is 5.02 Å². The summed E-state index contributed by atoms with van der Waals surface area (Å²) < 4.78 is 1.15. The summed E-state index contributed by atoms with van der Waals surface area (Å²) in [4.78, 5) is 37.1. The van der Waals surface area contributed by atoms with E-state index in [-0.39, 0.29) is 23.8 Å². The maximum atomic E-state index is 12.8. The maximum Gasteiger partial charge on any atom is 0.326 e. The van der Waals surface area contributed by atoms with Crippen LogP contribution in [0.5, 0.6) is 0 Å². The number of nitrogens with one attached hydrogen (secondary N) is 1. The first kappa shape index (κ1) is 19.2. The number of nitrogens with zero attached hydrogens (tertiary/aromatic N) is 1. The topological polar surface area (TPSA) is 88.4 Å². The third kappa shape index (κ3) is 3.90. The van der Waals surface area contributed by atoms with E-state index in [4.69, 9.17) is 11.6 Å².